The maximum atomic E-state index is 13.2. The highest BCUT2D eigenvalue weighted by atomic mass is 19.1. The summed E-state index contributed by atoms with van der Waals surface area (Å²) < 4.78 is 13.2. The van der Waals surface area contributed by atoms with Crippen molar-refractivity contribution >= 4 is 5.78 Å². The van der Waals surface area contributed by atoms with Crippen LogP contribution in [0.4, 0.5) is 4.39 Å². The van der Waals surface area contributed by atoms with Gasteiger partial charge in [0.25, 0.3) is 0 Å². The average Bonchev–Trinajstić information content (AvgIpc) is 1.60. The molecule has 0 aliphatic carbocycles. The van der Waals surface area contributed by atoms with Crippen LogP contribution < -0.4 is 0 Å². The van der Waals surface area contributed by atoms with Crippen molar-refractivity contribution in [2.45, 2.75) is 39.8 Å². The lowest BCUT2D eigenvalue weighted by Gasteiger charge is -2.22. The third kappa shape index (κ3) is 2.95. The Morgan fingerprint density at radius 1 is 1.60 bits per heavy atom. The number of ketones is 1. The minimum atomic E-state index is -1.33. The van der Waals surface area contributed by atoms with Crippen LogP contribution in [0.2, 0.25) is 0 Å². The minimum absolute atomic E-state index is 0.0324. The van der Waals surface area contributed by atoms with Crippen molar-refractivity contribution in [2.24, 2.45) is 5.92 Å². The van der Waals surface area contributed by atoms with Gasteiger partial charge in [0.15, 0.2) is 0 Å². The van der Waals surface area contributed by atoms with Crippen LogP contribution >= 0.6 is 0 Å². The standard InChI is InChI=1S/C8H15FO/c1-6(2)8(4,9)5-7(3)10/h6H,5H2,1-4H3. The maximum Gasteiger partial charge on any atom is 0.133 e. The van der Waals surface area contributed by atoms with E-state index in [4.69, 9.17) is 0 Å². The molecule has 0 heterocycles. The molecule has 0 aromatic heterocycles. The first-order chi connectivity index (χ1) is 4.36. The minimum Gasteiger partial charge on any atom is -0.300 e. The Kier molecular flexibility index (Phi) is 3.00. The molecule has 0 aliphatic rings. The number of rotatable bonds is 3. The van der Waals surface area contributed by atoms with Crippen LogP contribution in [-0.4, -0.2) is 11.5 Å². The number of carbonyl (C=O) groups excluding carboxylic acids is 1. The largest absolute Gasteiger partial charge is 0.300 e. The first-order valence-electron chi connectivity index (χ1n) is 3.54. The van der Waals surface area contributed by atoms with Crippen molar-refractivity contribution in [3.8, 4) is 0 Å². The Bertz CT molecular complexity index is 127. The van der Waals surface area contributed by atoms with Crippen LogP contribution in [0.15, 0.2) is 0 Å². The van der Waals surface area contributed by atoms with E-state index in [1.54, 1.807) is 13.8 Å². The molecule has 0 spiro atoms. The fourth-order valence-electron chi connectivity index (χ4n) is 0.691. The molecule has 0 radical (unpaired) electrons. The van der Waals surface area contributed by atoms with E-state index in [-0.39, 0.29) is 18.1 Å². The molecule has 0 saturated heterocycles. The molecule has 1 nitrogen and oxygen atoms in total. The molecule has 0 rings (SSSR count). The van der Waals surface area contributed by atoms with E-state index in [1.807, 2.05) is 0 Å². The van der Waals surface area contributed by atoms with E-state index < -0.39 is 5.67 Å². The molecule has 1 unspecified atom stereocenters. The van der Waals surface area contributed by atoms with Gasteiger partial charge < -0.3 is 0 Å². The van der Waals surface area contributed by atoms with Crippen molar-refractivity contribution in [3.63, 3.8) is 0 Å². The predicted molar refractivity (Wildman–Crippen MR) is 39.6 cm³/mol. The fourth-order valence-corrected chi connectivity index (χ4v) is 0.691. The molecule has 0 saturated carbocycles. The van der Waals surface area contributed by atoms with Gasteiger partial charge in [-0.2, -0.15) is 0 Å². The van der Waals surface area contributed by atoms with Gasteiger partial charge in [-0.1, -0.05) is 13.8 Å². The van der Waals surface area contributed by atoms with Gasteiger partial charge in [-0.15, -0.1) is 0 Å². The maximum absolute atomic E-state index is 13.2. The van der Waals surface area contributed by atoms with Crippen LogP contribution in [0.1, 0.15) is 34.1 Å². The van der Waals surface area contributed by atoms with Crippen molar-refractivity contribution in [2.75, 3.05) is 0 Å². The van der Waals surface area contributed by atoms with Crippen molar-refractivity contribution in [1.29, 1.82) is 0 Å². The summed E-state index contributed by atoms with van der Waals surface area (Å²) in [6, 6.07) is 0. The van der Waals surface area contributed by atoms with Gasteiger partial charge in [-0.05, 0) is 19.8 Å². The molecule has 0 N–H and O–H groups in total. The van der Waals surface area contributed by atoms with Crippen LogP contribution in [0.5, 0.6) is 0 Å². The van der Waals surface area contributed by atoms with Crippen LogP contribution in [0.25, 0.3) is 0 Å². The second-order valence-electron chi connectivity index (χ2n) is 3.31. The van der Waals surface area contributed by atoms with Gasteiger partial charge in [0.05, 0.1) is 0 Å². The zero-order valence-corrected chi connectivity index (χ0v) is 7.07. The summed E-state index contributed by atoms with van der Waals surface area (Å²) in [4.78, 5) is 10.5. The molecular weight excluding hydrogens is 131 g/mol. The van der Waals surface area contributed by atoms with Crippen molar-refractivity contribution in [1.82, 2.24) is 0 Å². The molecule has 0 fully saturated rings. The smallest absolute Gasteiger partial charge is 0.133 e. The van der Waals surface area contributed by atoms with Crippen LogP contribution in [0.3, 0.4) is 0 Å². The third-order valence-corrected chi connectivity index (χ3v) is 1.80. The van der Waals surface area contributed by atoms with Gasteiger partial charge in [-0.25, -0.2) is 4.39 Å². The Labute approximate surface area is 61.6 Å². The number of halogens is 1. The number of hydrogen-bond acceptors (Lipinski definition) is 1. The number of hydrogen-bond donors (Lipinski definition) is 0. The Morgan fingerprint density at radius 3 is 2.10 bits per heavy atom. The van der Waals surface area contributed by atoms with Gasteiger partial charge in [-0.3, -0.25) is 4.79 Å². The molecule has 2 heteroatoms. The lowest BCUT2D eigenvalue weighted by Crippen LogP contribution is -2.27. The Balaban J connectivity index is 3.99. The van der Waals surface area contributed by atoms with Gasteiger partial charge in [0.2, 0.25) is 0 Å². The molecular formula is C8H15FO. The normalized spacial score (nSPS) is 17.0. The monoisotopic (exact) mass is 146 g/mol. The van der Waals surface area contributed by atoms with E-state index in [0.29, 0.717) is 0 Å². The van der Waals surface area contributed by atoms with Crippen molar-refractivity contribution in [3.05, 3.63) is 0 Å². The predicted octanol–water partition coefficient (Wildman–Crippen LogP) is 2.35. The molecule has 0 aromatic carbocycles. The number of carbonyl (C=O) groups is 1. The average molecular weight is 146 g/mol. The lowest BCUT2D eigenvalue weighted by molar-refractivity contribution is -0.120. The van der Waals surface area contributed by atoms with E-state index in [0.717, 1.165) is 0 Å². The second kappa shape index (κ2) is 3.13. The van der Waals surface area contributed by atoms with Crippen molar-refractivity contribution < 1.29 is 9.18 Å². The summed E-state index contributed by atoms with van der Waals surface area (Å²) in [7, 11) is 0. The summed E-state index contributed by atoms with van der Waals surface area (Å²) in [5.74, 6) is -0.171. The quantitative estimate of drug-likeness (QED) is 0.597. The second-order valence-corrected chi connectivity index (χ2v) is 3.31. The first-order valence-corrected chi connectivity index (χ1v) is 3.54. The summed E-state index contributed by atoms with van der Waals surface area (Å²) >= 11 is 0. The fraction of sp³-hybridized carbons (Fsp3) is 0.875. The summed E-state index contributed by atoms with van der Waals surface area (Å²) in [6.45, 7) is 6.45. The summed E-state index contributed by atoms with van der Waals surface area (Å²) in [5.41, 5.74) is -1.33. The molecule has 0 aromatic rings. The zero-order chi connectivity index (χ0) is 8.36. The highest BCUT2D eigenvalue weighted by Gasteiger charge is 2.28. The van der Waals surface area contributed by atoms with Gasteiger partial charge in [0.1, 0.15) is 11.5 Å². The van der Waals surface area contributed by atoms with E-state index in [2.05, 4.69) is 0 Å². The summed E-state index contributed by atoms with van der Waals surface area (Å²) in [6.07, 6.45) is 0.0324. The molecule has 0 aliphatic heterocycles. The molecule has 0 amide bonds. The number of Topliss-reactive ketones (excluding diaryl/α,β-unsaturated/α-hetero) is 1. The lowest BCUT2D eigenvalue weighted by atomic mass is 9.90. The molecule has 1 atom stereocenters. The van der Waals surface area contributed by atoms with Crippen LogP contribution in [-0.2, 0) is 4.79 Å². The van der Waals surface area contributed by atoms with Gasteiger partial charge in [0, 0.05) is 6.42 Å². The highest BCUT2D eigenvalue weighted by molar-refractivity contribution is 5.76. The van der Waals surface area contributed by atoms with Gasteiger partial charge >= 0.3 is 0 Å². The number of alkyl halides is 1. The third-order valence-electron chi connectivity index (χ3n) is 1.80. The van der Waals surface area contributed by atoms with Crippen LogP contribution in [0, 0.1) is 5.92 Å². The van der Waals surface area contributed by atoms with E-state index >= 15 is 0 Å². The van der Waals surface area contributed by atoms with E-state index in [1.165, 1.54) is 13.8 Å². The highest BCUT2D eigenvalue weighted by Crippen LogP contribution is 2.25. The van der Waals surface area contributed by atoms with E-state index in [9.17, 15) is 9.18 Å². The summed E-state index contributed by atoms with van der Waals surface area (Å²) in [5, 5.41) is 0. The Morgan fingerprint density at radius 2 is 2.00 bits per heavy atom. The molecule has 0 bridgehead atoms. The zero-order valence-electron chi connectivity index (χ0n) is 7.07. The first kappa shape index (κ1) is 9.60. The topological polar surface area (TPSA) is 17.1 Å². The molecule has 10 heavy (non-hydrogen) atoms. The Hall–Kier alpha value is -0.400. The molecule has 60 valence electrons. The SMILES string of the molecule is CC(=O)CC(C)(F)C(C)C.